The quantitative estimate of drug-likeness (QED) is 0.282. The first kappa shape index (κ1) is 25.8. The minimum atomic E-state index is -1.16. The molecule has 0 unspecified atom stereocenters. The van der Waals surface area contributed by atoms with Crippen LogP contribution in [0.4, 0.5) is 10.1 Å². The van der Waals surface area contributed by atoms with E-state index in [1.54, 1.807) is 18.3 Å². The molecule has 1 saturated heterocycles. The second kappa shape index (κ2) is 12.1. The maximum Gasteiger partial charge on any atom is 0.224 e. The normalized spacial score (nSPS) is 15.4. The van der Waals surface area contributed by atoms with Gasteiger partial charge in [0.15, 0.2) is 14.1 Å². The molecule has 1 aliphatic heterocycles. The van der Waals surface area contributed by atoms with Gasteiger partial charge < -0.3 is 28.5 Å². The van der Waals surface area contributed by atoms with E-state index in [0.29, 0.717) is 42.8 Å². The van der Waals surface area contributed by atoms with Gasteiger partial charge in [0.05, 0.1) is 19.4 Å². The second-order valence-electron chi connectivity index (χ2n) is 8.71. The van der Waals surface area contributed by atoms with Crippen molar-refractivity contribution < 1.29 is 32.3 Å². The van der Waals surface area contributed by atoms with Crippen molar-refractivity contribution in [3.05, 3.63) is 71.7 Å². The molecule has 0 aliphatic carbocycles. The zero-order valence-corrected chi connectivity index (χ0v) is 20.4. The van der Waals surface area contributed by atoms with Gasteiger partial charge in [0.25, 0.3) is 0 Å². The molecule has 188 valence electrons. The van der Waals surface area contributed by atoms with Crippen molar-refractivity contribution in [2.75, 3.05) is 18.5 Å². The van der Waals surface area contributed by atoms with E-state index in [4.69, 9.17) is 13.6 Å². The smallest absolute Gasteiger partial charge is 0.224 e. The summed E-state index contributed by atoms with van der Waals surface area (Å²) in [6, 6.07) is 13.3. The fraction of sp³-hybridized carbons (Fsp3) is 0.308. The molecule has 1 amide bonds. The largest absolute Gasteiger partial charge is 0.356 e. The summed E-state index contributed by atoms with van der Waals surface area (Å²) < 4.78 is 30.2. The van der Waals surface area contributed by atoms with Crippen molar-refractivity contribution >= 4 is 32.5 Å². The number of benzene rings is 2. The van der Waals surface area contributed by atoms with Crippen LogP contribution in [0.3, 0.4) is 0 Å². The van der Waals surface area contributed by atoms with Crippen molar-refractivity contribution in [3.63, 3.8) is 0 Å². The molecular formula is C26H26FN2O6P. The lowest BCUT2D eigenvalue weighted by Gasteiger charge is -2.37. The van der Waals surface area contributed by atoms with E-state index in [2.05, 4.69) is 10.5 Å². The Kier molecular flexibility index (Phi) is 8.70. The summed E-state index contributed by atoms with van der Waals surface area (Å²) in [7, 11) is -1.16. The third-order valence-electron chi connectivity index (χ3n) is 5.98. The summed E-state index contributed by atoms with van der Waals surface area (Å²) in [5, 5.41) is 6.69. The zero-order chi connectivity index (χ0) is 25.4. The van der Waals surface area contributed by atoms with Crippen LogP contribution in [0.15, 0.2) is 59.3 Å². The summed E-state index contributed by atoms with van der Waals surface area (Å²) in [4.78, 5) is 34.4. The van der Waals surface area contributed by atoms with Crippen LogP contribution in [0.25, 0.3) is 11.3 Å². The molecule has 3 aromatic rings. The first-order chi connectivity index (χ1) is 17.5. The van der Waals surface area contributed by atoms with Gasteiger partial charge in [-0.2, -0.15) is 0 Å². The maximum atomic E-state index is 13.2. The Morgan fingerprint density at radius 3 is 2.33 bits per heavy atom. The van der Waals surface area contributed by atoms with Gasteiger partial charge in [-0.1, -0.05) is 17.3 Å². The minimum Gasteiger partial charge on any atom is -0.356 e. The predicted octanol–water partition coefficient (Wildman–Crippen LogP) is 5.08. The molecule has 0 saturated carbocycles. The Morgan fingerprint density at radius 1 is 1.03 bits per heavy atom. The third-order valence-corrected chi connectivity index (χ3v) is 7.44. The first-order valence-electron chi connectivity index (χ1n) is 11.5. The molecule has 4 rings (SSSR count). The van der Waals surface area contributed by atoms with E-state index in [1.165, 1.54) is 12.1 Å². The number of carbonyl (C=O) groups excluding carboxylic acids is 3. The standard InChI is InChI=1S/C26H26FN2O6P/c27-22-6-3-20(4-7-22)25-21(15-28-35-25)5-10-24(32)29-23-8-1-19(2-9-23)16-36-33-17-26(11-13-30,12-14-31)18-34-36/h1-4,6-9,13-15H,5,10-12,16-18H2,(H,29,32). The highest BCUT2D eigenvalue weighted by atomic mass is 31.2. The molecule has 0 atom stereocenters. The topological polar surface area (TPSA) is 108 Å². The van der Waals surface area contributed by atoms with E-state index in [0.717, 1.165) is 23.7 Å². The highest BCUT2D eigenvalue weighted by Gasteiger charge is 2.37. The molecule has 0 radical (unpaired) electrons. The monoisotopic (exact) mass is 512 g/mol. The Bertz CT molecular complexity index is 1160. The summed E-state index contributed by atoms with van der Waals surface area (Å²) in [6.07, 6.45) is 4.85. The number of halogens is 1. The van der Waals surface area contributed by atoms with Gasteiger partial charge >= 0.3 is 0 Å². The highest BCUT2D eigenvalue weighted by Crippen LogP contribution is 2.50. The van der Waals surface area contributed by atoms with Crippen molar-refractivity contribution in [2.24, 2.45) is 5.41 Å². The lowest BCUT2D eigenvalue weighted by Crippen LogP contribution is -2.35. The Hall–Kier alpha value is -3.26. The van der Waals surface area contributed by atoms with Crippen LogP contribution in [-0.2, 0) is 36.0 Å². The van der Waals surface area contributed by atoms with E-state index < -0.39 is 13.8 Å². The average molecular weight is 512 g/mol. The number of hydrogen-bond acceptors (Lipinski definition) is 7. The minimum absolute atomic E-state index is 0.154. The summed E-state index contributed by atoms with van der Waals surface area (Å²) in [6.45, 7) is 0.638. The van der Waals surface area contributed by atoms with E-state index in [9.17, 15) is 18.8 Å². The van der Waals surface area contributed by atoms with Gasteiger partial charge in [-0.25, -0.2) is 4.39 Å². The van der Waals surface area contributed by atoms with Crippen LogP contribution >= 0.6 is 8.38 Å². The number of nitrogens with zero attached hydrogens (tertiary/aromatic N) is 1. The number of rotatable bonds is 11. The molecule has 0 bridgehead atoms. The van der Waals surface area contributed by atoms with Crippen molar-refractivity contribution in [1.82, 2.24) is 5.16 Å². The average Bonchev–Trinajstić information content (AvgIpc) is 3.35. The SMILES string of the molecule is O=CCC1(CC=O)COP(Cc2ccc(NC(=O)CCc3cnoc3-c3ccc(F)cc3)cc2)OC1. The molecule has 2 heterocycles. The van der Waals surface area contributed by atoms with Crippen LogP contribution in [0.2, 0.25) is 0 Å². The Morgan fingerprint density at radius 2 is 1.69 bits per heavy atom. The summed E-state index contributed by atoms with van der Waals surface area (Å²) in [5.74, 6) is 0.0335. The maximum absolute atomic E-state index is 13.2. The molecule has 0 spiro atoms. The molecule has 1 fully saturated rings. The predicted molar refractivity (Wildman–Crippen MR) is 132 cm³/mol. The number of aldehydes is 2. The third kappa shape index (κ3) is 6.69. The van der Waals surface area contributed by atoms with Gasteiger partial charge in [0.1, 0.15) is 18.4 Å². The number of nitrogens with one attached hydrogen (secondary N) is 1. The van der Waals surface area contributed by atoms with Crippen molar-refractivity contribution in [1.29, 1.82) is 0 Å². The van der Waals surface area contributed by atoms with Crippen LogP contribution in [-0.4, -0.2) is 36.8 Å². The second-order valence-corrected chi connectivity index (χ2v) is 10.2. The van der Waals surface area contributed by atoms with Gasteiger partial charge in [-0.3, -0.25) is 4.79 Å². The van der Waals surface area contributed by atoms with Crippen molar-refractivity contribution in [3.8, 4) is 11.3 Å². The molecule has 1 aliphatic rings. The molecule has 36 heavy (non-hydrogen) atoms. The van der Waals surface area contributed by atoms with Gasteiger partial charge in [-0.05, 0) is 48.4 Å². The zero-order valence-electron chi connectivity index (χ0n) is 19.5. The van der Waals surface area contributed by atoms with E-state index in [-0.39, 0.29) is 31.0 Å². The van der Waals surface area contributed by atoms with Crippen LogP contribution in [0.1, 0.15) is 30.4 Å². The Labute approximate surface area is 209 Å². The number of carbonyl (C=O) groups is 3. The number of hydrogen-bond donors (Lipinski definition) is 1. The first-order valence-corrected chi connectivity index (χ1v) is 12.9. The highest BCUT2D eigenvalue weighted by molar-refractivity contribution is 7.46. The Balaban J connectivity index is 1.25. The summed E-state index contributed by atoms with van der Waals surface area (Å²) >= 11 is 0. The van der Waals surface area contributed by atoms with Gasteiger partial charge in [-0.15, -0.1) is 0 Å². The molecule has 2 aromatic carbocycles. The van der Waals surface area contributed by atoms with Crippen molar-refractivity contribution in [2.45, 2.75) is 31.8 Å². The number of aromatic nitrogens is 1. The number of aryl methyl sites for hydroxylation is 1. The molecule has 1 N–H and O–H groups in total. The summed E-state index contributed by atoms with van der Waals surface area (Å²) in [5.41, 5.74) is 2.56. The van der Waals surface area contributed by atoms with E-state index >= 15 is 0 Å². The number of amides is 1. The molecule has 1 aromatic heterocycles. The van der Waals surface area contributed by atoms with E-state index in [1.807, 2.05) is 24.3 Å². The molecular weight excluding hydrogens is 486 g/mol. The lowest BCUT2D eigenvalue weighted by molar-refractivity contribution is -0.117. The fourth-order valence-corrected chi connectivity index (χ4v) is 5.45. The molecule has 10 heteroatoms. The van der Waals surface area contributed by atoms with Gasteiger partial charge in [0.2, 0.25) is 5.91 Å². The fourth-order valence-electron chi connectivity index (χ4n) is 3.85. The van der Waals surface area contributed by atoms with Crippen LogP contribution in [0.5, 0.6) is 0 Å². The lowest BCUT2D eigenvalue weighted by atomic mass is 9.84. The van der Waals surface area contributed by atoms with Crippen LogP contribution < -0.4 is 5.32 Å². The van der Waals surface area contributed by atoms with Crippen LogP contribution in [0, 0.1) is 11.2 Å². The van der Waals surface area contributed by atoms with Gasteiger partial charge in [0, 0.05) is 47.7 Å². The number of anilines is 1. The molecule has 8 nitrogen and oxygen atoms in total.